The molecule has 18 heavy (non-hydrogen) atoms. The summed E-state index contributed by atoms with van der Waals surface area (Å²) in [7, 11) is 1.71. The van der Waals surface area contributed by atoms with Crippen LogP contribution >= 0.6 is 0 Å². The Balaban J connectivity index is 2.18. The van der Waals surface area contributed by atoms with Crippen LogP contribution in [0.3, 0.4) is 0 Å². The van der Waals surface area contributed by atoms with Crippen LogP contribution in [0.4, 0.5) is 0 Å². The first-order chi connectivity index (χ1) is 8.85. The molecule has 2 rings (SSSR count). The van der Waals surface area contributed by atoms with Gasteiger partial charge in [0, 0.05) is 11.6 Å². The second-order valence-corrected chi connectivity index (χ2v) is 4.18. The highest BCUT2D eigenvalue weighted by Crippen LogP contribution is 2.25. The molecule has 0 saturated heterocycles. The van der Waals surface area contributed by atoms with Crippen LogP contribution in [0, 0.1) is 0 Å². The maximum atomic E-state index is 5.39. The van der Waals surface area contributed by atoms with Crippen molar-refractivity contribution in [2.75, 3.05) is 13.7 Å². The number of methoxy groups -OCH3 is 1. The maximum absolute atomic E-state index is 5.39. The topological polar surface area (TPSA) is 34.4 Å². The van der Waals surface area contributed by atoms with Crippen LogP contribution < -0.4 is 10.1 Å². The SMILES string of the molecule is CCNC(Cc1ccccc1OC)c1ccoc1. The Morgan fingerprint density at radius 2 is 2.11 bits per heavy atom. The molecule has 0 amide bonds. The predicted molar refractivity (Wildman–Crippen MR) is 71.8 cm³/mol. The fourth-order valence-corrected chi connectivity index (χ4v) is 2.12. The van der Waals surface area contributed by atoms with Crippen LogP contribution in [0.1, 0.15) is 24.1 Å². The van der Waals surface area contributed by atoms with Crippen LogP contribution in [-0.2, 0) is 6.42 Å². The zero-order chi connectivity index (χ0) is 12.8. The fraction of sp³-hybridized carbons (Fsp3) is 0.333. The first-order valence-corrected chi connectivity index (χ1v) is 6.22. The van der Waals surface area contributed by atoms with Crippen molar-refractivity contribution in [3.8, 4) is 5.75 Å². The standard InChI is InChI=1S/C15H19NO2/c1-3-16-14(13-8-9-18-11-13)10-12-6-4-5-7-15(12)17-2/h4-9,11,14,16H,3,10H2,1-2H3. The lowest BCUT2D eigenvalue weighted by Gasteiger charge is -2.18. The molecule has 0 fully saturated rings. The number of hydrogen-bond acceptors (Lipinski definition) is 3. The first-order valence-electron chi connectivity index (χ1n) is 6.22. The lowest BCUT2D eigenvalue weighted by atomic mass is 10.0. The fourth-order valence-electron chi connectivity index (χ4n) is 2.12. The van der Waals surface area contributed by atoms with Crippen molar-refractivity contribution < 1.29 is 9.15 Å². The number of hydrogen-bond donors (Lipinski definition) is 1. The van der Waals surface area contributed by atoms with Gasteiger partial charge in [-0.15, -0.1) is 0 Å². The number of rotatable bonds is 6. The monoisotopic (exact) mass is 245 g/mol. The summed E-state index contributed by atoms with van der Waals surface area (Å²) in [6.45, 7) is 3.03. The Kier molecular flexibility index (Phi) is 4.42. The van der Waals surface area contributed by atoms with Crippen LogP contribution in [-0.4, -0.2) is 13.7 Å². The van der Waals surface area contributed by atoms with E-state index >= 15 is 0 Å². The molecule has 1 heterocycles. The van der Waals surface area contributed by atoms with Gasteiger partial charge in [0.05, 0.1) is 19.6 Å². The summed E-state index contributed by atoms with van der Waals surface area (Å²) in [6.07, 6.45) is 4.39. The number of para-hydroxylation sites is 1. The molecule has 1 aromatic carbocycles. The highest BCUT2D eigenvalue weighted by atomic mass is 16.5. The van der Waals surface area contributed by atoms with Crippen LogP contribution in [0.15, 0.2) is 47.3 Å². The molecule has 1 unspecified atom stereocenters. The van der Waals surface area contributed by atoms with E-state index in [1.807, 2.05) is 24.3 Å². The molecule has 1 N–H and O–H groups in total. The minimum Gasteiger partial charge on any atom is -0.496 e. The molecule has 3 nitrogen and oxygen atoms in total. The van der Waals surface area contributed by atoms with E-state index in [0.29, 0.717) is 0 Å². The molecule has 1 atom stereocenters. The van der Waals surface area contributed by atoms with Gasteiger partial charge in [0.25, 0.3) is 0 Å². The van der Waals surface area contributed by atoms with E-state index in [0.717, 1.165) is 18.7 Å². The molecule has 0 radical (unpaired) electrons. The second-order valence-electron chi connectivity index (χ2n) is 4.18. The average Bonchev–Trinajstić information content (AvgIpc) is 2.92. The third-order valence-corrected chi connectivity index (χ3v) is 3.01. The van der Waals surface area contributed by atoms with E-state index in [1.54, 1.807) is 19.6 Å². The summed E-state index contributed by atoms with van der Waals surface area (Å²) < 4.78 is 10.6. The molecule has 0 aliphatic heterocycles. The van der Waals surface area contributed by atoms with Gasteiger partial charge in [-0.25, -0.2) is 0 Å². The van der Waals surface area contributed by atoms with Gasteiger partial charge in [-0.05, 0) is 30.7 Å². The normalized spacial score (nSPS) is 12.3. The molecule has 0 aliphatic carbocycles. The van der Waals surface area contributed by atoms with Crippen molar-refractivity contribution in [2.45, 2.75) is 19.4 Å². The summed E-state index contributed by atoms with van der Waals surface area (Å²) in [4.78, 5) is 0. The molecule has 0 aliphatic rings. The third-order valence-electron chi connectivity index (χ3n) is 3.01. The molecule has 0 saturated carbocycles. The van der Waals surface area contributed by atoms with Gasteiger partial charge in [-0.2, -0.15) is 0 Å². The highest BCUT2D eigenvalue weighted by Gasteiger charge is 2.14. The Morgan fingerprint density at radius 3 is 2.78 bits per heavy atom. The van der Waals surface area contributed by atoms with Gasteiger partial charge in [0.15, 0.2) is 0 Å². The van der Waals surface area contributed by atoms with E-state index < -0.39 is 0 Å². The number of nitrogens with one attached hydrogen (secondary N) is 1. The highest BCUT2D eigenvalue weighted by molar-refractivity contribution is 5.34. The summed E-state index contributed by atoms with van der Waals surface area (Å²) in [5, 5.41) is 3.47. The quantitative estimate of drug-likeness (QED) is 0.848. The average molecular weight is 245 g/mol. The van der Waals surface area contributed by atoms with Crippen molar-refractivity contribution in [2.24, 2.45) is 0 Å². The van der Waals surface area contributed by atoms with Gasteiger partial charge < -0.3 is 14.5 Å². The van der Waals surface area contributed by atoms with Crippen molar-refractivity contribution in [1.82, 2.24) is 5.32 Å². The number of benzene rings is 1. The van der Waals surface area contributed by atoms with Crippen LogP contribution in [0.5, 0.6) is 5.75 Å². The zero-order valence-corrected chi connectivity index (χ0v) is 10.8. The second kappa shape index (κ2) is 6.26. The Hall–Kier alpha value is -1.74. The molecule has 96 valence electrons. The van der Waals surface area contributed by atoms with Gasteiger partial charge in [-0.1, -0.05) is 25.1 Å². The first kappa shape index (κ1) is 12.7. The minimum absolute atomic E-state index is 0.255. The van der Waals surface area contributed by atoms with E-state index in [9.17, 15) is 0 Å². The Bertz CT molecular complexity index is 465. The lowest BCUT2D eigenvalue weighted by Crippen LogP contribution is -2.22. The van der Waals surface area contributed by atoms with Crippen LogP contribution in [0.2, 0.25) is 0 Å². The van der Waals surface area contributed by atoms with Gasteiger partial charge in [0.2, 0.25) is 0 Å². The number of furan rings is 1. The van der Waals surface area contributed by atoms with E-state index in [4.69, 9.17) is 9.15 Å². The van der Waals surface area contributed by atoms with Crippen molar-refractivity contribution in [3.05, 3.63) is 54.0 Å². The van der Waals surface area contributed by atoms with Crippen molar-refractivity contribution in [3.63, 3.8) is 0 Å². The Labute approximate surface area is 108 Å². The van der Waals surface area contributed by atoms with E-state index in [-0.39, 0.29) is 6.04 Å². The van der Waals surface area contributed by atoms with Crippen molar-refractivity contribution >= 4 is 0 Å². The molecular weight excluding hydrogens is 226 g/mol. The third kappa shape index (κ3) is 2.93. The predicted octanol–water partition coefficient (Wildman–Crippen LogP) is 3.18. The number of ether oxygens (including phenoxy) is 1. The molecule has 0 spiro atoms. The molecule has 0 bridgehead atoms. The smallest absolute Gasteiger partial charge is 0.122 e. The zero-order valence-electron chi connectivity index (χ0n) is 10.8. The summed E-state index contributed by atoms with van der Waals surface area (Å²) in [6, 6.07) is 10.4. The number of likely N-dealkylation sites (N-methyl/N-ethyl adjacent to an activating group) is 1. The van der Waals surface area contributed by atoms with Gasteiger partial charge >= 0.3 is 0 Å². The van der Waals surface area contributed by atoms with E-state index in [1.165, 1.54) is 11.1 Å². The Morgan fingerprint density at radius 1 is 1.28 bits per heavy atom. The van der Waals surface area contributed by atoms with E-state index in [2.05, 4.69) is 18.3 Å². The van der Waals surface area contributed by atoms with Gasteiger partial charge in [-0.3, -0.25) is 0 Å². The largest absolute Gasteiger partial charge is 0.496 e. The van der Waals surface area contributed by atoms with Crippen LogP contribution in [0.25, 0.3) is 0 Å². The van der Waals surface area contributed by atoms with Crippen molar-refractivity contribution in [1.29, 1.82) is 0 Å². The summed E-state index contributed by atoms with van der Waals surface area (Å²) in [5.74, 6) is 0.934. The molecule has 1 aromatic heterocycles. The van der Waals surface area contributed by atoms with Gasteiger partial charge in [0.1, 0.15) is 5.75 Å². The summed E-state index contributed by atoms with van der Waals surface area (Å²) in [5.41, 5.74) is 2.37. The minimum atomic E-state index is 0.255. The molecule has 2 aromatic rings. The molecule has 3 heteroatoms. The maximum Gasteiger partial charge on any atom is 0.122 e. The summed E-state index contributed by atoms with van der Waals surface area (Å²) >= 11 is 0. The molecular formula is C15H19NO2. The lowest BCUT2D eigenvalue weighted by molar-refractivity contribution is 0.405.